The van der Waals surface area contributed by atoms with Gasteiger partial charge in [-0.2, -0.15) is 22.0 Å². The number of aryl methyl sites for hydroxylation is 1. The first kappa shape index (κ1) is 31.0. The molecule has 1 aromatic carbocycles. The van der Waals surface area contributed by atoms with E-state index in [1.165, 1.54) is 12.1 Å². The molecular weight excluding hydrogens is 471 g/mol. The predicted molar refractivity (Wildman–Crippen MR) is 124 cm³/mol. The third-order valence-electron chi connectivity index (χ3n) is 5.81. The third kappa shape index (κ3) is 11.5. The van der Waals surface area contributed by atoms with E-state index in [9.17, 15) is 31.9 Å². The predicted octanol–water partition coefficient (Wildman–Crippen LogP) is 6.95. The molecule has 0 heterocycles. The summed E-state index contributed by atoms with van der Waals surface area (Å²) in [5.74, 6) is -2.23. The van der Waals surface area contributed by atoms with Gasteiger partial charge in [-0.05, 0) is 50.5 Å². The molecule has 1 rings (SSSR count). The number of unbranched alkanes of at least 4 members (excludes halogenated alkanes) is 2. The molecule has 4 nitrogen and oxygen atoms in total. The van der Waals surface area contributed by atoms with E-state index in [0.717, 1.165) is 31.2 Å². The topological polar surface area (TPSA) is 55.8 Å². The number of aliphatic hydroxyl groups excluding tert-OH is 1. The number of esters is 1. The van der Waals surface area contributed by atoms with Crippen molar-refractivity contribution < 1.29 is 41.3 Å². The van der Waals surface area contributed by atoms with E-state index in [1.807, 2.05) is 6.92 Å². The number of ether oxygens (including phenoxy) is 2. The van der Waals surface area contributed by atoms with Crippen LogP contribution in [0.25, 0.3) is 0 Å². The van der Waals surface area contributed by atoms with Crippen molar-refractivity contribution in [2.45, 2.75) is 84.1 Å². The van der Waals surface area contributed by atoms with Gasteiger partial charge < -0.3 is 14.6 Å². The number of aliphatic hydroxyl groups is 1. The van der Waals surface area contributed by atoms with Crippen LogP contribution in [-0.2, 0) is 26.8 Å². The molecule has 200 valence electrons. The van der Waals surface area contributed by atoms with Crippen LogP contribution in [0, 0.1) is 11.8 Å². The highest BCUT2D eigenvalue weighted by atomic mass is 19.4. The second kappa shape index (κ2) is 14.5. The van der Waals surface area contributed by atoms with Gasteiger partial charge in [-0.15, -0.1) is 0 Å². The van der Waals surface area contributed by atoms with Crippen LogP contribution in [0.5, 0.6) is 0 Å². The average molecular weight is 509 g/mol. The molecule has 0 saturated heterocycles. The summed E-state index contributed by atoms with van der Waals surface area (Å²) in [4.78, 5) is 11.4. The number of hydrogen-bond acceptors (Lipinski definition) is 4. The standard InChI is InChI=1S/C26H37F5O4/c1-5-6-7-8-21-11-13-23(14-12-21)26(30,31)35-19(3)10-9-18(2)15-22(16-32)17-34-24(33)20(4)25(27,28)29/h11-14,18-19,22,32H,4-10,15-17H2,1-3H3. The normalized spacial score (nSPS) is 14.9. The monoisotopic (exact) mass is 508 g/mol. The molecule has 0 bridgehead atoms. The molecule has 0 spiro atoms. The number of benzene rings is 1. The Labute approximate surface area is 204 Å². The maximum absolute atomic E-state index is 14.6. The lowest BCUT2D eigenvalue weighted by atomic mass is 9.92. The van der Waals surface area contributed by atoms with Crippen molar-refractivity contribution in [2.75, 3.05) is 13.2 Å². The van der Waals surface area contributed by atoms with Crippen molar-refractivity contribution >= 4 is 5.97 Å². The van der Waals surface area contributed by atoms with Gasteiger partial charge in [-0.3, -0.25) is 0 Å². The Hall–Kier alpha value is -2.00. The van der Waals surface area contributed by atoms with Crippen molar-refractivity contribution in [3.8, 4) is 0 Å². The fraction of sp³-hybridized carbons (Fsp3) is 0.654. The van der Waals surface area contributed by atoms with Gasteiger partial charge in [0.2, 0.25) is 0 Å². The summed E-state index contributed by atoms with van der Waals surface area (Å²) < 4.78 is 76.2. The smallest absolute Gasteiger partial charge is 0.422 e. The number of carbonyl (C=O) groups excluding carboxylic acids is 1. The van der Waals surface area contributed by atoms with E-state index < -0.39 is 49.1 Å². The number of alkyl halides is 5. The summed E-state index contributed by atoms with van der Waals surface area (Å²) in [5, 5.41) is 9.46. The maximum atomic E-state index is 14.6. The zero-order valence-corrected chi connectivity index (χ0v) is 20.7. The first-order valence-electron chi connectivity index (χ1n) is 12.0. The van der Waals surface area contributed by atoms with Crippen LogP contribution in [0.1, 0.15) is 70.4 Å². The molecule has 0 aliphatic rings. The molecule has 3 unspecified atom stereocenters. The summed E-state index contributed by atoms with van der Waals surface area (Å²) in [6.45, 7) is 7.35. The first-order valence-corrected chi connectivity index (χ1v) is 12.0. The fourth-order valence-electron chi connectivity index (χ4n) is 3.62. The Morgan fingerprint density at radius 2 is 1.69 bits per heavy atom. The number of rotatable bonds is 16. The van der Waals surface area contributed by atoms with Gasteiger partial charge in [0.05, 0.1) is 18.3 Å². The molecule has 9 heteroatoms. The van der Waals surface area contributed by atoms with Crippen molar-refractivity contribution in [3.05, 3.63) is 47.5 Å². The molecule has 35 heavy (non-hydrogen) atoms. The van der Waals surface area contributed by atoms with E-state index >= 15 is 0 Å². The fourth-order valence-corrected chi connectivity index (χ4v) is 3.62. The van der Waals surface area contributed by atoms with Crippen LogP contribution in [0.3, 0.4) is 0 Å². The molecule has 1 N–H and O–H groups in total. The summed E-state index contributed by atoms with van der Waals surface area (Å²) in [5.41, 5.74) is -0.814. The number of halogens is 5. The van der Waals surface area contributed by atoms with Gasteiger partial charge in [0, 0.05) is 12.5 Å². The highest BCUT2D eigenvalue weighted by Gasteiger charge is 2.38. The lowest BCUT2D eigenvalue weighted by molar-refractivity contribution is -0.271. The van der Waals surface area contributed by atoms with E-state index in [1.54, 1.807) is 19.1 Å². The quantitative estimate of drug-likeness (QED) is 0.114. The molecule has 3 atom stereocenters. The minimum absolute atomic E-state index is 0.0706. The van der Waals surface area contributed by atoms with Crippen LogP contribution in [0.15, 0.2) is 36.4 Å². The molecular formula is C26H37F5O4. The van der Waals surface area contributed by atoms with Crippen molar-refractivity contribution in [3.63, 3.8) is 0 Å². The summed E-state index contributed by atoms with van der Waals surface area (Å²) in [6.07, 6.45) is -3.90. The lowest BCUT2D eigenvalue weighted by Gasteiger charge is -2.24. The minimum atomic E-state index is -4.88. The second-order valence-corrected chi connectivity index (χ2v) is 9.14. The Morgan fingerprint density at radius 3 is 2.23 bits per heavy atom. The molecule has 0 aliphatic heterocycles. The average Bonchev–Trinajstić information content (AvgIpc) is 2.79. The molecule has 0 aromatic heterocycles. The molecule has 0 amide bonds. The largest absolute Gasteiger partial charge is 0.462 e. The van der Waals surface area contributed by atoms with E-state index in [4.69, 9.17) is 4.74 Å². The minimum Gasteiger partial charge on any atom is -0.462 e. The highest BCUT2D eigenvalue weighted by molar-refractivity contribution is 5.89. The summed E-state index contributed by atoms with van der Waals surface area (Å²) >= 11 is 0. The Bertz CT molecular complexity index is 777. The van der Waals surface area contributed by atoms with Crippen LogP contribution in [0.4, 0.5) is 22.0 Å². The number of carbonyl (C=O) groups is 1. The highest BCUT2D eigenvalue weighted by Crippen LogP contribution is 2.32. The molecule has 0 radical (unpaired) electrons. The van der Waals surface area contributed by atoms with Gasteiger partial charge in [0.15, 0.2) is 0 Å². The molecule has 0 fully saturated rings. The first-order chi connectivity index (χ1) is 16.3. The van der Waals surface area contributed by atoms with E-state index in [-0.39, 0.29) is 11.5 Å². The molecule has 0 aliphatic carbocycles. The maximum Gasteiger partial charge on any atom is 0.422 e. The van der Waals surface area contributed by atoms with Gasteiger partial charge >= 0.3 is 18.3 Å². The van der Waals surface area contributed by atoms with Crippen LogP contribution < -0.4 is 0 Å². The summed E-state index contributed by atoms with van der Waals surface area (Å²) in [7, 11) is 0. The SMILES string of the molecule is C=C(C(=O)OCC(CO)CC(C)CCC(C)OC(F)(F)c1ccc(CCCCC)cc1)C(F)(F)F. The second-order valence-electron chi connectivity index (χ2n) is 9.14. The zero-order chi connectivity index (χ0) is 26.6. The van der Waals surface area contributed by atoms with Crippen molar-refractivity contribution in [1.82, 2.24) is 0 Å². The molecule has 0 saturated carbocycles. The van der Waals surface area contributed by atoms with Gasteiger partial charge in [-0.25, -0.2) is 4.79 Å². The Balaban J connectivity index is 2.48. The van der Waals surface area contributed by atoms with Gasteiger partial charge in [0.1, 0.15) is 5.57 Å². The van der Waals surface area contributed by atoms with Crippen LogP contribution >= 0.6 is 0 Å². The zero-order valence-electron chi connectivity index (χ0n) is 20.7. The Kier molecular flexibility index (Phi) is 12.9. The summed E-state index contributed by atoms with van der Waals surface area (Å²) in [6, 6.07) is 6.16. The van der Waals surface area contributed by atoms with Gasteiger partial charge in [0.25, 0.3) is 0 Å². The lowest BCUT2D eigenvalue weighted by Crippen LogP contribution is -2.26. The van der Waals surface area contributed by atoms with Crippen molar-refractivity contribution in [1.29, 1.82) is 0 Å². The van der Waals surface area contributed by atoms with Crippen molar-refractivity contribution in [2.24, 2.45) is 11.8 Å². The number of hydrogen-bond donors (Lipinski definition) is 1. The van der Waals surface area contributed by atoms with E-state index in [2.05, 4.69) is 18.2 Å². The third-order valence-corrected chi connectivity index (χ3v) is 5.81. The Morgan fingerprint density at radius 1 is 1.06 bits per heavy atom. The van der Waals surface area contributed by atoms with Crippen LogP contribution in [-0.4, -0.2) is 36.6 Å². The van der Waals surface area contributed by atoms with Gasteiger partial charge in [-0.1, -0.05) is 57.5 Å². The molecule has 1 aromatic rings. The van der Waals surface area contributed by atoms with Crippen LogP contribution in [0.2, 0.25) is 0 Å². The van der Waals surface area contributed by atoms with E-state index in [0.29, 0.717) is 19.3 Å².